The molecule has 1 saturated heterocycles. The molecule has 1 amide bonds. The number of nitrogens with one attached hydrogen (secondary N) is 2. The number of aromatic nitrogens is 3. The van der Waals surface area contributed by atoms with Crippen molar-refractivity contribution in [2.45, 2.75) is 37.6 Å². The third kappa shape index (κ3) is 3.51. The molecule has 0 atom stereocenters. The Kier molecular flexibility index (Phi) is 4.55. The lowest BCUT2D eigenvalue weighted by Gasteiger charge is -2.35. The third-order valence-corrected chi connectivity index (χ3v) is 5.43. The first-order valence-corrected chi connectivity index (χ1v) is 9.34. The summed E-state index contributed by atoms with van der Waals surface area (Å²) in [6.45, 7) is 1.83. The van der Waals surface area contributed by atoms with Gasteiger partial charge in [-0.3, -0.25) is 19.4 Å². The predicted molar refractivity (Wildman–Crippen MR) is 100.0 cm³/mol. The molecule has 2 aromatic rings. The van der Waals surface area contributed by atoms with Gasteiger partial charge in [0.2, 0.25) is 5.95 Å². The van der Waals surface area contributed by atoms with E-state index in [1.807, 2.05) is 0 Å². The zero-order valence-corrected chi connectivity index (χ0v) is 15.3. The highest BCUT2D eigenvalue weighted by atomic mass is 16.2. The molecule has 27 heavy (non-hydrogen) atoms. The van der Waals surface area contributed by atoms with Crippen molar-refractivity contribution in [2.24, 2.45) is 7.05 Å². The van der Waals surface area contributed by atoms with Crippen molar-refractivity contribution >= 4 is 17.6 Å². The van der Waals surface area contributed by atoms with E-state index in [4.69, 9.17) is 0 Å². The summed E-state index contributed by atoms with van der Waals surface area (Å²) in [5.74, 6) is -0.348. The topological polar surface area (TPSA) is 100 Å². The minimum absolute atomic E-state index is 0.0666. The standard InChI is InChI=1S/C19H23N5O3/c1-23-6-4-5-15(23)17(26)18(27)20-13-9-12(10-13)14-11-16(25)22-19(21-14)24-7-2-3-8-24/h4-6,11-13H,2-3,7-10H2,1H3,(H,20,27)(H,21,22,25). The number of carbonyl (C=O) groups is 2. The van der Waals surface area contributed by atoms with Gasteiger partial charge in [-0.1, -0.05) is 0 Å². The van der Waals surface area contributed by atoms with Gasteiger partial charge in [0.25, 0.3) is 17.2 Å². The first-order valence-electron chi connectivity index (χ1n) is 9.34. The fraction of sp³-hybridized carbons (Fsp3) is 0.474. The van der Waals surface area contributed by atoms with Gasteiger partial charge in [0.15, 0.2) is 0 Å². The number of hydrogen-bond donors (Lipinski definition) is 2. The Balaban J connectivity index is 1.37. The number of aromatic amines is 1. The summed E-state index contributed by atoms with van der Waals surface area (Å²) in [7, 11) is 1.73. The molecule has 0 radical (unpaired) electrons. The maximum absolute atomic E-state index is 12.2. The molecule has 1 aliphatic carbocycles. The number of ketones is 1. The summed E-state index contributed by atoms with van der Waals surface area (Å²) in [5, 5.41) is 2.79. The lowest BCUT2D eigenvalue weighted by atomic mass is 9.78. The van der Waals surface area contributed by atoms with Crippen LogP contribution in [0.15, 0.2) is 29.2 Å². The average Bonchev–Trinajstić information content (AvgIpc) is 3.27. The number of H-pyrrole nitrogens is 1. The van der Waals surface area contributed by atoms with Crippen LogP contribution in [0, 0.1) is 0 Å². The fourth-order valence-electron chi connectivity index (χ4n) is 3.79. The first kappa shape index (κ1) is 17.5. The normalized spacial score (nSPS) is 21.7. The van der Waals surface area contributed by atoms with E-state index >= 15 is 0 Å². The predicted octanol–water partition coefficient (Wildman–Crippen LogP) is 0.954. The lowest BCUT2D eigenvalue weighted by molar-refractivity contribution is -0.118. The number of aryl methyl sites for hydroxylation is 1. The highest BCUT2D eigenvalue weighted by Gasteiger charge is 2.34. The van der Waals surface area contributed by atoms with E-state index in [0.717, 1.165) is 31.6 Å². The van der Waals surface area contributed by atoms with Crippen LogP contribution in [0.1, 0.15) is 47.8 Å². The molecule has 3 heterocycles. The van der Waals surface area contributed by atoms with Gasteiger partial charge in [-0.15, -0.1) is 0 Å². The maximum atomic E-state index is 12.2. The number of rotatable bonds is 5. The average molecular weight is 369 g/mol. The quantitative estimate of drug-likeness (QED) is 0.604. The second kappa shape index (κ2) is 7.02. The zero-order valence-electron chi connectivity index (χ0n) is 15.3. The van der Waals surface area contributed by atoms with E-state index in [2.05, 4.69) is 20.2 Å². The second-order valence-corrected chi connectivity index (χ2v) is 7.36. The smallest absolute Gasteiger partial charge is 0.294 e. The monoisotopic (exact) mass is 369 g/mol. The molecule has 8 heteroatoms. The Hall–Kier alpha value is -2.90. The van der Waals surface area contributed by atoms with E-state index in [1.165, 1.54) is 6.07 Å². The van der Waals surface area contributed by atoms with Gasteiger partial charge >= 0.3 is 0 Å². The van der Waals surface area contributed by atoms with E-state index < -0.39 is 11.7 Å². The van der Waals surface area contributed by atoms with Crippen LogP contribution in [0.3, 0.4) is 0 Å². The third-order valence-electron chi connectivity index (χ3n) is 5.43. The van der Waals surface area contributed by atoms with Crippen LogP contribution in [0.5, 0.6) is 0 Å². The maximum Gasteiger partial charge on any atom is 0.294 e. The molecule has 1 saturated carbocycles. The van der Waals surface area contributed by atoms with Crippen molar-refractivity contribution in [2.75, 3.05) is 18.0 Å². The highest BCUT2D eigenvalue weighted by Crippen LogP contribution is 2.36. The van der Waals surface area contributed by atoms with Crippen molar-refractivity contribution in [3.05, 3.63) is 46.1 Å². The number of nitrogens with zero attached hydrogens (tertiary/aromatic N) is 3. The molecule has 142 valence electrons. The van der Waals surface area contributed by atoms with E-state index in [1.54, 1.807) is 29.9 Å². The van der Waals surface area contributed by atoms with E-state index in [-0.39, 0.29) is 17.5 Å². The molecule has 0 unspecified atom stereocenters. The minimum atomic E-state index is -0.586. The van der Waals surface area contributed by atoms with Gasteiger partial charge in [0.1, 0.15) is 0 Å². The molecule has 4 rings (SSSR count). The van der Waals surface area contributed by atoms with Crippen molar-refractivity contribution in [3.63, 3.8) is 0 Å². The molecule has 2 fully saturated rings. The van der Waals surface area contributed by atoms with Gasteiger partial charge in [-0.25, -0.2) is 4.98 Å². The second-order valence-electron chi connectivity index (χ2n) is 7.36. The number of amides is 1. The van der Waals surface area contributed by atoms with Crippen LogP contribution in [0.25, 0.3) is 0 Å². The van der Waals surface area contributed by atoms with Crippen LogP contribution < -0.4 is 15.8 Å². The molecule has 2 N–H and O–H groups in total. The summed E-state index contributed by atoms with van der Waals surface area (Å²) in [6, 6.07) is 4.84. The number of anilines is 1. The Bertz CT molecular complexity index is 919. The Morgan fingerprint density at radius 3 is 2.67 bits per heavy atom. The van der Waals surface area contributed by atoms with Crippen LogP contribution in [-0.2, 0) is 11.8 Å². The van der Waals surface area contributed by atoms with Gasteiger partial charge < -0.3 is 14.8 Å². The number of hydrogen-bond acceptors (Lipinski definition) is 5. The van der Waals surface area contributed by atoms with Crippen molar-refractivity contribution in [1.29, 1.82) is 0 Å². The summed E-state index contributed by atoms with van der Waals surface area (Å²) < 4.78 is 1.63. The molecule has 8 nitrogen and oxygen atoms in total. The largest absolute Gasteiger partial charge is 0.348 e. The van der Waals surface area contributed by atoms with Gasteiger partial charge in [-0.05, 0) is 37.8 Å². The Morgan fingerprint density at radius 2 is 2.00 bits per heavy atom. The SMILES string of the molecule is Cn1cccc1C(=O)C(=O)NC1CC(c2cc(=O)[nH]c(N3CCCC3)n2)C1. The fourth-order valence-corrected chi connectivity index (χ4v) is 3.79. The van der Waals surface area contributed by atoms with Crippen LogP contribution in [0.2, 0.25) is 0 Å². The molecule has 0 aromatic carbocycles. The lowest BCUT2D eigenvalue weighted by Crippen LogP contribution is -2.46. The minimum Gasteiger partial charge on any atom is -0.348 e. The molecular weight excluding hydrogens is 346 g/mol. The van der Waals surface area contributed by atoms with Crippen molar-refractivity contribution in [3.8, 4) is 0 Å². The molecule has 0 spiro atoms. The number of carbonyl (C=O) groups excluding carboxylic acids is 2. The van der Waals surface area contributed by atoms with Gasteiger partial charge in [-0.2, -0.15) is 0 Å². The molecule has 0 bridgehead atoms. The zero-order chi connectivity index (χ0) is 19.0. The summed E-state index contributed by atoms with van der Waals surface area (Å²) in [5.41, 5.74) is 0.989. The number of Topliss-reactive ketones (excluding diaryl/α,β-unsaturated/α-hetero) is 1. The summed E-state index contributed by atoms with van der Waals surface area (Å²) >= 11 is 0. The van der Waals surface area contributed by atoms with Crippen molar-refractivity contribution < 1.29 is 9.59 Å². The molecule has 2 aromatic heterocycles. The van der Waals surface area contributed by atoms with Gasteiger partial charge in [0.05, 0.1) is 11.4 Å². The Morgan fingerprint density at radius 1 is 1.26 bits per heavy atom. The van der Waals surface area contributed by atoms with Gasteiger partial charge in [0, 0.05) is 44.4 Å². The van der Waals surface area contributed by atoms with Crippen molar-refractivity contribution in [1.82, 2.24) is 19.9 Å². The van der Waals surface area contributed by atoms with Crippen LogP contribution >= 0.6 is 0 Å². The molecule has 1 aliphatic heterocycles. The summed E-state index contributed by atoms with van der Waals surface area (Å²) in [4.78, 5) is 45.9. The van der Waals surface area contributed by atoms with E-state index in [0.29, 0.717) is 24.5 Å². The summed E-state index contributed by atoms with van der Waals surface area (Å²) in [6.07, 6.45) is 5.32. The van der Waals surface area contributed by atoms with Crippen LogP contribution in [0.4, 0.5) is 5.95 Å². The Labute approximate surface area is 156 Å². The molecule has 2 aliphatic rings. The van der Waals surface area contributed by atoms with E-state index in [9.17, 15) is 14.4 Å². The van der Waals surface area contributed by atoms with Crippen LogP contribution in [-0.4, -0.2) is 45.4 Å². The highest BCUT2D eigenvalue weighted by molar-refractivity contribution is 6.42. The first-order chi connectivity index (χ1) is 13.0. The molecular formula is C19H23N5O3.